The Hall–Kier alpha value is -2.48. The van der Waals surface area contributed by atoms with Gasteiger partial charge in [0.1, 0.15) is 0 Å². The molecule has 4 heterocycles. The van der Waals surface area contributed by atoms with E-state index in [0.717, 1.165) is 44.1 Å². The summed E-state index contributed by atoms with van der Waals surface area (Å²) in [6, 6.07) is 3.60. The van der Waals surface area contributed by atoms with E-state index in [2.05, 4.69) is 39.1 Å². The number of rotatable bonds is 6. The molecule has 1 saturated heterocycles. The molecule has 3 aromatic heterocycles. The van der Waals surface area contributed by atoms with Gasteiger partial charge in [0, 0.05) is 13.0 Å². The fraction of sp³-hybridized carbons (Fsp3) is 0.556. The molecule has 138 valence electrons. The second kappa shape index (κ2) is 7.41. The topological polar surface area (TPSA) is 94.2 Å². The zero-order valence-corrected chi connectivity index (χ0v) is 15.1. The molecule has 4 rings (SSSR count). The van der Waals surface area contributed by atoms with E-state index in [4.69, 9.17) is 13.4 Å². The van der Waals surface area contributed by atoms with Crippen LogP contribution in [0, 0.1) is 5.92 Å². The Kier molecular flexibility index (Phi) is 4.83. The molecule has 26 heavy (non-hydrogen) atoms. The number of piperidine rings is 1. The summed E-state index contributed by atoms with van der Waals surface area (Å²) >= 11 is 0. The first-order valence-corrected chi connectivity index (χ1v) is 9.08. The maximum Gasteiger partial charge on any atom is 0.283 e. The van der Waals surface area contributed by atoms with Gasteiger partial charge in [0.05, 0.1) is 18.7 Å². The van der Waals surface area contributed by atoms with Crippen molar-refractivity contribution in [2.75, 3.05) is 13.1 Å². The highest BCUT2D eigenvalue weighted by Crippen LogP contribution is 2.27. The van der Waals surface area contributed by atoms with Crippen LogP contribution in [0.3, 0.4) is 0 Å². The maximum absolute atomic E-state index is 5.71. The van der Waals surface area contributed by atoms with Gasteiger partial charge in [-0.15, -0.1) is 10.2 Å². The molecule has 0 radical (unpaired) electrons. The van der Waals surface area contributed by atoms with Crippen LogP contribution in [0.2, 0.25) is 0 Å². The van der Waals surface area contributed by atoms with Crippen molar-refractivity contribution in [3.05, 3.63) is 36.0 Å². The summed E-state index contributed by atoms with van der Waals surface area (Å²) in [4.78, 5) is 6.88. The summed E-state index contributed by atoms with van der Waals surface area (Å²) in [5.74, 6) is 3.90. The molecule has 1 atom stereocenters. The van der Waals surface area contributed by atoms with Crippen LogP contribution in [0.15, 0.2) is 31.8 Å². The Morgan fingerprint density at radius 1 is 1.31 bits per heavy atom. The summed E-state index contributed by atoms with van der Waals surface area (Å²) in [7, 11) is 0. The molecule has 8 heteroatoms. The zero-order chi connectivity index (χ0) is 17.9. The Labute approximate surface area is 151 Å². The Morgan fingerprint density at radius 2 is 2.23 bits per heavy atom. The summed E-state index contributed by atoms with van der Waals surface area (Å²) in [6.45, 7) is 6.75. The Morgan fingerprint density at radius 3 is 3.04 bits per heavy atom. The van der Waals surface area contributed by atoms with Crippen molar-refractivity contribution in [3.63, 3.8) is 0 Å². The summed E-state index contributed by atoms with van der Waals surface area (Å²) < 4.78 is 16.5. The molecular formula is C18H23N5O3. The molecule has 0 amide bonds. The van der Waals surface area contributed by atoms with Gasteiger partial charge in [-0.3, -0.25) is 4.90 Å². The number of aromatic nitrogens is 4. The third-order valence-corrected chi connectivity index (χ3v) is 4.49. The number of hydrogen-bond acceptors (Lipinski definition) is 8. The SMILES string of the molecule is CC(C)Cc1noc([C@@H]2CCCN(Cc3nnc(-c4ccco4)o3)C2)n1. The average molecular weight is 357 g/mol. The third kappa shape index (κ3) is 3.85. The minimum Gasteiger partial charge on any atom is -0.459 e. The summed E-state index contributed by atoms with van der Waals surface area (Å²) in [6.07, 6.45) is 4.57. The average Bonchev–Trinajstić information content (AvgIpc) is 3.36. The molecule has 1 aliphatic rings. The summed E-state index contributed by atoms with van der Waals surface area (Å²) in [5.41, 5.74) is 0. The fourth-order valence-corrected chi connectivity index (χ4v) is 3.29. The van der Waals surface area contributed by atoms with Crippen molar-refractivity contribution in [1.82, 2.24) is 25.2 Å². The van der Waals surface area contributed by atoms with Gasteiger partial charge in [-0.25, -0.2) is 0 Å². The van der Waals surface area contributed by atoms with E-state index in [1.54, 1.807) is 18.4 Å². The van der Waals surface area contributed by atoms with Crippen molar-refractivity contribution in [2.24, 2.45) is 5.92 Å². The first-order chi connectivity index (χ1) is 12.7. The van der Waals surface area contributed by atoms with Gasteiger partial charge < -0.3 is 13.4 Å². The van der Waals surface area contributed by atoms with Gasteiger partial charge >= 0.3 is 0 Å². The van der Waals surface area contributed by atoms with Gasteiger partial charge in [0.2, 0.25) is 11.8 Å². The first kappa shape index (κ1) is 17.0. The van der Waals surface area contributed by atoms with Crippen LogP contribution in [0.5, 0.6) is 0 Å². The van der Waals surface area contributed by atoms with E-state index < -0.39 is 0 Å². The molecule has 0 saturated carbocycles. The molecule has 3 aromatic rings. The van der Waals surface area contributed by atoms with Gasteiger partial charge in [-0.2, -0.15) is 4.98 Å². The van der Waals surface area contributed by atoms with Crippen molar-refractivity contribution in [1.29, 1.82) is 0 Å². The van der Waals surface area contributed by atoms with Gasteiger partial charge in [-0.1, -0.05) is 19.0 Å². The van der Waals surface area contributed by atoms with Crippen LogP contribution < -0.4 is 0 Å². The molecule has 0 aliphatic carbocycles. The van der Waals surface area contributed by atoms with E-state index in [1.807, 2.05) is 0 Å². The number of likely N-dealkylation sites (tertiary alicyclic amines) is 1. The predicted octanol–water partition coefficient (Wildman–Crippen LogP) is 3.29. The van der Waals surface area contributed by atoms with Crippen molar-refractivity contribution >= 4 is 0 Å². The zero-order valence-electron chi connectivity index (χ0n) is 15.1. The molecule has 1 aliphatic heterocycles. The number of nitrogens with zero attached hydrogens (tertiary/aromatic N) is 5. The second-order valence-electron chi connectivity index (χ2n) is 7.20. The Balaban J connectivity index is 1.38. The van der Waals surface area contributed by atoms with Crippen LogP contribution in [0.25, 0.3) is 11.7 Å². The third-order valence-electron chi connectivity index (χ3n) is 4.49. The van der Waals surface area contributed by atoms with Crippen LogP contribution in [-0.2, 0) is 13.0 Å². The second-order valence-corrected chi connectivity index (χ2v) is 7.20. The summed E-state index contributed by atoms with van der Waals surface area (Å²) in [5, 5.41) is 12.3. The minimum atomic E-state index is 0.254. The molecule has 0 N–H and O–H groups in total. The fourth-order valence-electron chi connectivity index (χ4n) is 3.29. The van der Waals surface area contributed by atoms with Gasteiger partial charge in [0.15, 0.2) is 11.6 Å². The lowest BCUT2D eigenvalue weighted by molar-refractivity contribution is 0.167. The van der Waals surface area contributed by atoms with E-state index in [1.165, 1.54) is 0 Å². The van der Waals surface area contributed by atoms with E-state index in [-0.39, 0.29) is 5.92 Å². The highest BCUT2D eigenvalue weighted by atomic mass is 16.5. The normalized spacial score (nSPS) is 18.7. The van der Waals surface area contributed by atoms with Crippen molar-refractivity contribution in [2.45, 2.75) is 45.6 Å². The minimum absolute atomic E-state index is 0.254. The first-order valence-electron chi connectivity index (χ1n) is 9.08. The van der Waals surface area contributed by atoms with E-state index >= 15 is 0 Å². The number of furan rings is 1. The van der Waals surface area contributed by atoms with E-state index in [0.29, 0.717) is 30.0 Å². The maximum atomic E-state index is 5.71. The quantitative estimate of drug-likeness (QED) is 0.663. The monoisotopic (exact) mass is 357 g/mol. The molecule has 0 aromatic carbocycles. The standard InChI is InChI=1S/C18H23N5O3/c1-12(2)9-15-19-17(26-22-15)13-5-3-7-23(10-13)11-16-20-21-18(25-16)14-6-4-8-24-14/h4,6,8,12-13H,3,5,7,9-11H2,1-2H3/t13-/m1/s1. The predicted molar refractivity (Wildman–Crippen MR) is 92.1 cm³/mol. The molecule has 1 fully saturated rings. The lowest BCUT2D eigenvalue weighted by Crippen LogP contribution is -2.34. The molecule has 8 nitrogen and oxygen atoms in total. The Bertz CT molecular complexity index is 824. The van der Waals surface area contributed by atoms with Gasteiger partial charge in [0.25, 0.3) is 5.89 Å². The highest BCUT2D eigenvalue weighted by molar-refractivity contribution is 5.42. The smallest absolute Gasteiger partial charge is 0.283 e. The largest absolute Gasteiger partial charge is 0.459 e. The van der Waals surface area contributed by atoms with Crippen LogP contribution >= 0.6 is 0 Å². The highest BCUT2D eigenvalue weighted by Gasteiger charge is 2.27. The lowest BCUT2D eigenvalue weighted by atomic mass is 9.98. The van der Waals surface area contributed by atoms with Crippen molar-refractivity contribution < 1.29 is 13.4 Å². The van der Waals surface area contributed by atoms with Crippen LogP contribution in [-0.4, -0.2) is 38.3 Å². The van der Waals surface area contributed by atoms with Crippen LogP contribution in [0.1, 0.15) is 50.2 Å². The van der Waals surface area contributed by atoms with E-state index in [9.17, 15) is 0 Å². The van der Waals surface area contributed by atoms with Crippen LogP contribution in [0.4, 0.5) is 0 Å². The lowest BCUT2D eigenvalue weighted by Gasteiger charge is -2.29. The molecule has 0 spiro atoms. The van der Waals surface area contributed by atoms with Crippen molar-refractivity contribution in [3.8, 4) is 11.7 Å². The molecular weight excluding hydrogens is 334 g/mol. The van der Waals surface area contributed by atoms with Gasteiger partial charge in [-0.05, 0) is 37.4 Å². The molecule has 0 unspecified atom stereocenters. The molecule has 0 bridgehead atoms. The number of hydrogen-bond donors (Lipinski definition) is 0.